The predicted molar refractivity (Wildman–Crippen MR) is 116 cm³/mol. The smallest absolute Gasteiger partial charge is 0.189 e. The minimum absolute atomic E-state index is 0.795. The van der Waals surface area contributed by atoms with Crippen molar-refractivity contribution < 1.29 is 4.74 Å². The predicted octanol–water partition coefficient (Wildman–Crippen LogP) is 5.14. The van der Waals surface area contributed by atoms with Crippen LogP contribution in [0.3, 0.4) is 0 Å². The van der Waals surface area contributed by atoms with Crippen molar-refractivity contribution in [2.45, 2.75) is 31.5 Å². The Kier molecular flexibility index (Phi) is 5.53. The van der Waals surface area contributed by atoms with Crippen molar-refractivity contribution in [2.75, 3.05) is 24.8 Å². The molecule has 0 fully saturated rings. The molecule has 1 aliphatic rings. The molecule has 0 atom stereocenters. The Morgan fingerprint density at radius 1 is 1.04 bits per heavy atom. The average Bonchev–Trinajstić information content (AvgIpc) is 2.95. The Morgan fingerprint density at radius 3 is 2.75 bits per heavy atom. The van der Waals surface area contributed by atoms with Gasteiger partial charge in [0.1, 0.15) is 11.6 Å². The summed E-state index contributed by atoms with van der Waals surface area (Å²) < 4.78 is 5.39. The molecule has 1 aliphatic heterocycles. The first-order chi connectivity index (χ1) is 13.7. The maximum absolute atomic E-state index is 5.39. The lowest BCUT2D eigenvalue weighted by Crippen LogP contribution is -2.24. The lowest BCUT2D eigenvalue weighted by atomic mass is 10.0. The Labute approximate surface area is 171 Å². The Balaban J connectivity index is 1.73. The van der Waals surface area contributed by atoms with Gasteiger partial charge in [0.25, 0.3) is 0 Å². The fourth-order valence-electron chi connectivity index (χ4n) is 3.68. The molecule has 28 heavy (non-hydrogen) atoms. The molecule has 2 aromatic carbocycles. The van der Waals surface area contributed by atoms with Crippen LogP contribution in [-0.4, -0.2) is 29.9 Å². The molecule has 0 saturated heterocycles. The summed E-state index contributed by atoms with van der Waals surface area (Å²) in [7, 11) is 1.69. The van der Waals surface area contributed by atoms with Crippen LogP contribution in [0.5, 0.6) is 5.75 Å². The zero-order valence-corrected chi connectivity index (χ0v) is 17.4. The third-order valence-electron chi connectivity index (χ3n) is 5.16. The highest BCUT2D eigenvalue weighted by atomic mass is 32.2. The molecule has 144 valence electrons. The molecular weight excluding hydrogens is 366 g/mol. The minimum Gasteiger partial charge on any atom is -0.497 e. The van der Waals surface area contributed by atoms with E-state index in [9.17, 15) is 0 Å². The van der Waals surface area contributed by atoms with E-state index in [2.05, 4.69) is 42.2 Å². The average molecular weight is 392 g/mol. The topological polar surface area (TPSA) is 38.2 Å². The number of benzene rings is 2. The van der Waals surface area contributed by atoms with Gasteiger partial charge in [-0.05, 0) is 49.3 Å². The molecule has 0 bridgehead atoms. The number of hydrogen-bond donors (Lipinski definition) is 0. The molecule has 1 aromatic heterocycles. The molecule has 3 aromatic rings. The largest absolute Gasteiger partial charge is 0.497 e. The molecule has 5 heteroatoms. The maximum atomic E-state index is 5.39. The van der Waals surface area contributed by atoms with E-state index in [1.54, 1.807) is 18.9 Å². The van der Waals surface area contributed by atoms with Gasteiger partial charge in [-0.2, -0.15) is 0 Å². The van der Waals surface area contributed by atoms with Crippen molar-refractivity contribution in [1.82, 2.24) is 9.97 Å². The molecule has 0 unspecified atom stereocenters. The number of aromatic nitrogens is 2. The molecule has 0 amide bonds. The SMILES string of the molecule is COc1cccc(-c2cc(N3CCCc4ccc(C)cc4C3)nc(SC)n2)c1. The molecular formula is C23H25N3OS. The fraction of sp³-hybridized carbons (Fsp3) is 0.304. The van der Waals surface area contributed by atoms with Crippen LogP contribution in [0, 0.1) is 6.92 Å². The zero-order chi connectivity index (χ0) is 19.5. The van der Waals surface area contributed by atoms with Gasteiger partial charge in [-0.15, -0.1) is 0 Å². The fourth-order valence-corrected chi connectivity index (χ4v) is 4.06. The van der Waals surface area contributed by atoms with E-state index in [4.69, 9.17) is 14.7 Å². The first-order valence-electron chi connectivity index (χ1n) is 9.57. The Morgan fingerprint density at radius 2 is 1.93 bits per heavy atom. The summed E-state index contributed by atoms with van der Waals surface area (Å²) in [4.78, 5) is 12.0. The van der Waals surface area contributed by atoms with Crippen molar-refractivity contribution in [2.24, 2.45) is 0 Å². The van der Waals surface area contributed by atoms with Crippen LogP contribution in [-0.2, 0) is 13.0 Å². The van der Waals surface area contributed by atoms with Crippen LogP contribution in [0.2, 0.25) is 0 Å². The van der Waals surface area contributed by atoms with Crippen LogP contribution < -0.4 is 9.64 Å². The monoisotopic (exact) mass is 391 g/mol. The van der Waals surface area contributed by atoms with Crippen LogP contribution in [0.1, 0.15) is 23.1 Å². The van der Waals surface area contributed by atoms with Crippen molar-refractivity contribution in [1.29, 1.82) is 0 Å². The summed E-state index contributed by atoms with van der Waals surface area (Å²) >= 11 is 1.58. The summed E-state index contributed by atoms with van der Waals surface area (Å²) in [5, 5.41) is 0.795. The maximum Gasteiger partial charge on any atom is 0.189 e. The number of aryl methyl sites for hydroxylation is 2. The second-order valence-corrected chi connectivity index (χ2v) is 7.90. The quantitative estimate of drug-likeness (QED) is 0.455. The van der Waals surface area contributed by atoms with Gasteiger partial charge < -0.3 is 9.64 Å². The number of nitrogens with zero attached hydrogens (tertiary/aromatic N) is 3. The van der Waals surface area contributed by atoms with Crippen LogP contribution in [0.25, 0.3) is 11.3 Å². The van der Waals surface area contributed by atoms with Crippen LogP contribution in [0.15, 0.2) is 53.7 Å². The number of methoxy groups -OCH3 is 1. The van der Waals surface area contributed by atoms with Gasteiger partial charge in [0, 0.05) is 24.7 Å². The molecule has 2 heterocycles. The van der Waals surface area contributed by atoms with Gasteiger partial charge in [0.05, 0.1) is 12.8 Å². The number of thioether (sulfide) groups is 1. The van der Waals surface area contributed by atoms with Gasteiger partial charge >= 0.3 is 0 Å². The molecule has 0 aliphatic carbocycles. The second kappa shape index (κ2) is 8.23. The zero-order valence-electron chi connectivity index (χ0n) is 16.6. The van der Waals surface area contributed by atoms with E-state index in [1.807, 2.05) is 24.5 Å². The Bertz CT molecular complexity index is 989. The molecule has 0 spiro atoms. The van der Waals surface area contributed by atoms with Crippen molar-refractivity contribution in [3.8, 4) is 17.0 Å². The van der Waals surface area contributed by atoms with Gasteiger partial charge in [-0.3, -0.25) is 0 Å². The van der Waals surface area contributed by atoms with Gasteiger partial charge in [0.15, 0.2) is 5.16 Å². The van der Waals surface area contributed by atoms with E-state index in [1.165, 1.54) is 16.7 Å². The molecule has 4 rings (SSSR count). The van der Waals surface area contributed by atoms with Crippen molar-refractivity contribution in [3.05, 3.63) is 65.2 Å². The standard InChI is InChI=1S/C23H25N3OS/c1-16-9-10-17-7-5-11-26(15-19(17)12-16)22-14-21(24-23(25-22)28-3)18-6-4-8-20(13-18)27-2/h4,6,8-10,12-14H,5,7,11,15H2,1-3H3. The number of rotatable bonds is 4. The third kappa shape index (κ3) is 3.99. The van der Waals surface area contributed by atoms with E-state index in [-0.39, 0.29) is 0 Å². The van der Waals surface area contributed by atoms with Crippen LogP contribution in [0.4, 0.5) is 5.82 Å². The van der Waals surface area contributed by atoms with E-state index < -0.39 is 0 Å². The van der Waals surface area contributed by atoms with Crippen molar-refractivity contribution >= 4 is 17.6 Å². The second-order valence-electron chi connectivity index (χ2n) is 7.13. The molecule has 0 radical (unpaired) electrons. The summed E-state index contributed by atoms with van der Waals surface area (Å²) in [5.74, 6) is 1.83. The highest BCUT2D eigenvalue weighted by molar-refractivity contribution is 7.98. The minimum atomic E-state index is 0.795. The van der Waals surface area contributed by atoms with Gasteiger partial charge in [-0.25, -0.2) is 9.97 Å². The highest BCUT2D eigenvalue weighted by Gasteiger charge is 2.18. The van der Waals surface area contributed by atoms with Gasteiger partial charge in [0.2, 0.25) is 0 Å². The molecule has 0 saturated carbocycles. The summed E-state index contributed by atoms with van der Waals surface area (Å²) in [6.07, 6.45) is 4.27. The van der Waals surface area contributed by atoms with E-state index in [0.717, 1.165) is 53.9 Å². The lowest BCUT2D eigenvalue weighted by Gasteiger charge is -2.23. The number of fused-ring (bicyclic) bond motifs is 1. The summed E-state index contributed by atoms with van der Waals surface area (Å²) in [6.45, 7) is 4.04. The first kappa shape index (κ1) is 18.8. The van der Waals surface area contributed by atoms with Gasteiger partial charge in [-0.1, -0.05) is 47.7 Å². The third-order valence-corrected chi connectivity index (χ3v) is 5.71. The first-order valence-corrected chi connectivity index (χ1v) is 10.8. The summed E-state index contributed by atoms with van der Waals surface area (Å²) in [6, 6.07) is 17.0. The highest BCUT2D eigenvalue weighted by Crippen LogP contribution is 2.29. The van der Waals surface area contributed by atoms with E-state index in [0.29, 0.717) is 0 Å². The Hall–Kier alpha value is -2.53. The molecule has 0 N–H and O–H groups in total. The normalized spacial score (nSPS) is 13.8. The number of anilines is 1. The number of ether oxygens (including phenoxy) is 1. The summed E-state index contributed by atoms with van der Waals surface area (Å²) in [5.41, 5.74) is 6.15. The van der Waals surface area contributed by atoms with E-state index >= 15 is 0 Å². The van der Waals surface area contributed by atoms with Crippen molar-refractivity contribution in [3.63, 3.8) is 0 Å². The lowest BCUT2D eigenvalue weighted by molar-refractivity contribution is 0.415. The molecule has 4 nitrogen and oxygen atoms in total. The van der Waals surface area contributed by atoms with Crippen LogP contribution >= 0.6 is 11.8 Å². The number of hydrogen-bond acceptors (Lipinski definition) is 5.